The van der Waals surface area contributed by atoms with E-state index < -0.39 is 0 Å². The van der Waals surface area contributed by atoms with Crippen LogP contribution in [-0.2, 0) is 0 Å². The smallest absolute Gasteiger partial charge is 0.119 e. The molecule has 0 saturated carbocycles. The van der Waals surface area contributed by atoms with Gasteiger partial charge in [0.15, 0.2) is 0 Å². The van der Waals surface area contributed by atoms with Crippen LogP contribution in [0.15, 0.2) is 48.7 Å². The molecule has 0 fully saturated rings. The van der Waals surface area contributed by atoms with E-state index >= 15 is 0 Å². The molecule has 27 heavy (non-hydrogen) atoms. The molecule has 5 nitrogen and oxygen atoms in total. The molecule has 148 valence electrons. The Kier molecular flexibility index (Phi) is 9.98. The molecule has 1 atom stereocenters. The summed E-state index contributed by atoms with van der Waals surface area (Å²) in [5.41, 5.74) is 7.58. The number of nitrogens with zero attached hydrogens (tertiary/aromatic N) is 2. The van der Waals surface area contributed by atoms with Gasteiger partial charge in [0, 0.05) is 17.6 Å². The summed E-state index contributed by atoms with van der Waals surface area (Å²) in [6.07, 6.45) is 3.23. The summed E-state index contributed by atoms with van der Waals surface area (Å²) in [6, 6.07) is 13.6. The standard InChI is InChI=1S/C17H19N3O2.C3H8.C2H6/c1-12(18)11-22-15-5-3-14(4-6-15)20-10-13-9-16(21-2)7-8-17(13)19-20;1-3-2;1-2/h3-10,12H,11,18H2,1-2H3;3H2,1-2H3;1-2H3/t12-;;/m0../s1. The quantitative estimate of drug-likeness (QED) is 0.669. The minimum absolute atomic E-state index is 0.0195. The van der Waals surface area contributed by atoms with Gasteiger partial charge >= 0.3 is 0 Å². The number of methoxy groups -OCH3 is 1. The van der Waals surface area contributed by atoms with Crippen molar-refractivity contribution < 1.29 is 9.47 Å². The van der Waals surface area contributed by atoms with Gasteiger partial charge in [0.1, 0.15) is 18.1 Å². The van der Waals surface area contributed by atoms with E-state index in [0.717, 1.165) is 28.1 Å². The van der Waals surface area contributed by atoms with Crippen molar-refractivity contribution in [2.24, 2.45) is 5.73 Å². The molecule has 0 bridgehead atoms. The van der Waals surface area contributed by atoms with Gasteiger partial charge < -0.3 is 15.2 Å². The van der Waals surface area contributed by atoms with Crippen LogP contribution < -0.4 is 15.2 Å². The van der Waals surface area contributed by atoms with Crippen LogP contribution >= 0.6 is 0 Å². The predicted molar refractivity (Wildman–Crippen MR) is 114 cm³/mol. The first-order valence-electron chi connectivity index (χ1n) is 9.59. The Morgan fingerprint density at radius 1 is 1.04 bits per heavy atom. The molecule has 1 heterocycles. The van der Waals surface area contributed by atoms with E-state index in [4.69, 9.17) is 15.2 Å². The number of fused-ring (bicyclic) bond motifs is 1. The van der Waals surface area contributed by atoms with Crippen LogP contribution in [0, 0.1) is 0 Å². The average Bonchev–Trinajstić information content (AvgIpc) is 3.12. The molecule has 0 aliphatic carbocycles. The van der Waals surface area contributed by atoms with Crippen molar-refractivity contribution in [2.45, 2.75) is 47.1 Å². The van der Waals surface area contributed by atoms with Crippen LogP contribution in [-0.4, -0.2) is 29.5 Å². The molecule has 3 aromatic rings. The Hall–Kier alpha value is -2.53. The topological polar surface area (TPSA) is 62.3 Å². The highest BCUT2D eigenvalue weighted by atomic mass is 16.5. The van der Waals surface area contributed by atoms with Crippen molar-refractivity contribution in [1.82, 2.24) is 9.78 Å². The van der Waals surface area contributed by atoms with Crippen molar-refractivity contribution >= 4 is 10.9 Å². The first kappa shape index (κ1) is 22.5. The lowest BCUT2D eigenvalue weighted by Crippen LogP contribution is -2.23. The summed E-state index contributed by atoms with van der Waals surface area (Å²) >= 11 is 0. The molecular weight excluding hydrogens is 338 g/mol. The highest BCUT2D eigenvalue weighted by Gasteiger charge is 2.05. The molecule has 3 rings (SSSR count). The largest absolute Gasteiger partial charge is 0.497 e. The molecule has 0 saturated heterocycles. The van der Waals surface area contributed by atoms with Crippen LogP contribution in [0.5, 0.6) is 11.5 Å². The zero-order chi connectivity index (χ0) is 20.2. The molecule has 5 heteroatoms. The van der Waals surface area contributed by atoms with Gasteiger partial charge in [-0.1, -0.05) is 34.1 Å². The van der Waals surface area contributed by atoms with Gasteiger partial charge in [0.25, 0.3) is 0 Å². The summed E-state index contributed by atoms with van der Waals surface area (Å²) < 4.78 is 12.7. The third-order valence-corrected chi connectivity index (χ3v) is 3.33. The van der Waals surface area contributed by atoms with Gasteiger partial charge in [-0.3, -0.25) is 0 Å². The highest BCUT2D eigenvalue weighted by Crippen LogP contribution is 2.22. The Morgan fingerprint density at radius 2 is 1.63 bits per heavy atom. The fraction of sp³-hybridized carbons (Fsp3) is 0.409. The summed E-state index contributed by atoms with van der Waals surface area (Å²) in [5.74, 6) is 1.63. The van der Waals surface area contributed by atoms with Gasteiger partial charge in [-0.25, -0.2) is 4.68 Å². The molecule has 1 aromatic heterocycles. The highest BCUT2D eigenvalue weighted by molar-refractivity contribution is 5.80. The van der Waals surface area contributed by atoms with Crippen LogP contribution in [0.4, 0.5) is 0 Å². The van der Waals surface area contributed by atoms with E-state index in [9.17, 15) is 0 Å². The van der Waals surface area contributed by atoms with Crippen LogP contribution in [0.25, 0.3) is 16.6 Å². The van der Waals surface area contributed by atoms with Crippen LogP contribution in [0.3, 0.4) is 0 Å². The SMILES string of the molecule is CC.CCC.COc1ccc2nn(-c3ccc(OC[C@H](C)N)cc3)cc2c1. The third kappa shape index (κ3) is 6.94. The van der Waals surface area contributed by atoms with Gasteiger partial charge in [-0.15, -0.1) is 0 Å². The summed E-state index contributed by atoms with van der Waals surface area (Å²) in [4.78, 5) is 0. The lowest BCUT2D eigenvalue weighted by molar-refractivity contribution is 0.296. The molecule has 0 unspecified atom stereocenters. The molecule has 0 spiro atoms. The molecule has 0 aliphatic rings. The molecular formula is C22H33N3O2. The van der Waals surface area contributed by atoms with E-state index in [0.29, 0.717) is 6.61 Å². The maximum Gasteiger partial charge on any atom is 0.119 e. The van der Waals surface area contributed by atoms with E-state index in [2.05, 4.69) is 18.9 Å². The monoisotopic (exact) mass is 371 g/mol. The number of ether oxygens (including phenoxy) is 2. The molecule has 0 aliphatic heterocycles. The summed E-state index contributed by atoms with van der Waals surface area (Å²) in [7, 11) is 1.66. The van der Waals surface area contributed by atoms with E-state index in [-0.39, 0.29) is 6.04 Å². The van der Waals surface area contributed by atoms with Crippen molar-refractivity contribution in [3.05, 3.63) is 48.7 Å². The van der Waals surface area contributed by atoms with Crippen LogP contribution in [0.1, 0.15) is 41.0 Å². The number of aromatic nitrogens is 2. The minimum atomic E-state index is 0.0195. The second-order valence-corrected chi connectivity index (χ2v) is 5.99. The Morgan fingerprint density at radius 3 is 2.19 bits per heavy atom. The zero-order valence-corrected chi connectivity index (χ0v) is 17.4. The lowest BCUT2D eigenvalue weighted by atomic mass is 10.2. The van der Waals surface area contributed by atoms with Gasteiger partial charge in [-0.05, 0) is 49.4 Å². The summed E-state index contributed by atoms with van der Waals surface area (Å²) in [5, 5.41) is 5.60. The number of hydrogen-bond donors (Lipinski definition) is 1. The van der Waals surface area contributed by atoms with Crippen molar-refractivity contribution in [3.8, 4) is 17.2 Å². The Balaban J connectivity index is 0.000000665. The molecule has 2 N–H and O–H groups in total. The average molecular weight is 372 g/mol. The predicted octanol–water partition coefficient (Wildman–Crippen LogP) is 5.20. The Bertz CT molecular complexity index is 780. The number of nitrogens with two attached hydrogens (primary N) is 1. The molecule has 0 radical (unpaired) electrons. The fourth-order valence-electron chi connectivity index (χ4n) is 2.19. The van der Waals surface area contributed by atoms with Crippen molar-refractivity contribution in [3.63, 3.8) is 0 Å². The van der Waals surface area contributed by atoms with Gasteiger partial charge in [-0.2, -0.15) is 5.10 Å². The van der Waals surface area contributed by atoms with E-state index in [1.54, 1.807) is 7.11 Å². The summed E-state index contributed by atoms with van der Waals surface area (Å²) in [6.45, 7) is 10.7. The van der Waals surface area contributed by atoms with Gasteiger partial charge in [0.05, 0.1) is 18.3 Å². The number of hydrogen-bond acceptors (Lipinski definition) is 4. The first-order valence-corrected chi connectivity index (χ1v) is 9.59. The maximum absolute atomic E-state index is 5.68. The normalized spacial score (nSPS) is 10.9. The Labute approximate surface area is 163 Å². The number of rotatable bonds is 5. The second kappa shape index (κ2) is 12.0. The maximum atomic E-state index is 5.68. The van der Waals surface area contributed by atoms with Gasteiger partial charge in [0.2, 0.25) is 0 Å². The molecule has 0 amide bonds. The van der Waals surface area contributed by atoms with E-state index in [1.165, 1.54) is 6.42 Å². The second-order valence-electron chi connectivity index (χ2n) is 5.99. The fourth-order valence-corrected chi connectivity index (χ4v) is 2.19. The van der Waals surface area contributed by atoms with Crippen molar-refractivity contribution in [1.29, 1.82) is 0 Å². The number of benzene rings is 2. The van der Waals surface area contributed by atoms with Crippen LogP contribution in [0.2, 0.25) is 0 Å². The van der Waals surface area contributed by atoms with E-state index in [1.807, 2.05) is 74.1 Å². The first-order chi connectivity index (χ1) is 13.1. The molecule has 2 aromatic carbocycles. The minimum Gasteiger partial charge on any atom is -0.497 e. The van der Waals surface area contributed by atoms with Crippen molar-refractivity contribution in [2.75, 3.05) is 13.7 Å². The lowest BCUT2D eigenvalue weighted by Gasteiger charge is -2.09. The third-order valence-electron chi connectivity index (χ3n) is 3.33. The zero-order valence-electron chi connectivity index (χ0n) is 17.4.